The fraction of sp³-hybridized carbons (Fsp3) is 0.636. The van der Waals surface area contributed by atoms with E-state index in [0.717, 1.165) is 32.1 Å². The number of aliphatic hydroxyl groups excluding tert-OH is 2. The number of rotatable bonds is 8. The molecule has 172 valence electrons. The molecule has 1 saturated carbocycles. The van der Waals surface area contributed by atoms with Gasteiger partial charge in [-0.05, 0) is 24.5 Å². The molecule has 1 aliphatic carbocycles. The van der Waals surface area contributed by atoms with Crippen LogP contribution in [-0.2, 0) is 19.0 Å². The molecular formula is C22H29NaO9. The van der Waals surface area contributed by atoms with Crippen LogP contribution in [-0.4, -0.2) is 70.7 Å². The molecule has 0 amide bonds. The molecule has 2 fully saturated rings. The van der Waals surface area contributed by atoms with Crippen LogP contribution in [0.3, 0.4) is 0 Å². The zero-order chi connectivity index (χ0) is 22.4. The number of hydrogen-bond donors (Lipinski definition) is 3. The van der Waals surface area contributed by atoms with Gasteiger partial charge in [0.2, 0.25) is 0 Å². The summed E-state index contributed by atoms with van der Waals surface area (Å²) in [5.74, 6) is -1.88. The first kappa shape index (κ1) is 27.2. The van der Waals surface area contributed by atoms with Crippen molar-refractivity contribution in [1.82, 2.24) is 0 Å². The van der Waals surface area contributed by atoms with Gasteiger partial charge >= 0.3 is 41.5 Å². The molecule has 0 aromatic heterocycles. The molecule has 1 aliphatic heterocycles. The van der Waals surface area contributed by atoms with Crippen molar-refractivity contribution >= 4 is 11.9 Å². The van der Waals surface area contributed by atoms with Crippen LogP contribution in [0.15, 0.2) is 30.3 Å². The number of carbonyl (C=O) groups excluding carboxylic acids is 1. The third kappa shape index (κ3) is 6.98. The largest absolute Gasteiger partial charge is 1.00 e. The number of aliphatic carboxylic acids is 1. The van der Waals surface area contributed by atoms with Crippen LogP contribution in [0.4, 0.5) is 0 Å². The number of aliphatic hydroxyl groups is 2. The fourth-order valence-corrected chi connectivity index (χ4v) is 4.22. The predicted molar refractivity (Wildman–Crippen MR) is 105 cm³/mol. The van der Waals surface area contributed by atoms with Crippen LogP contribution in [0, 0.1) is 5.92 Å². The van der Waals surface area contributed by atoms with E-state index in [4.69, 9.17) is 14.2 Å². The maximum Gasteiger partial charge on any atom is 1.00 e. The second-order valence-corrected chi connectivity index (χ2v) is 8.12. The normalized spacial score (nSPS) is 29.5. The van der Waals surface area contributed by atoms with Gasteiger partial charge < -0.3 is 34.6 Å². The zero-order valence-electron chi connectivity index (χ0n) is 18.2. The van der Waals surface area contributed by atoms with Crippen LogP contribution >= 0.6 is 0 Å². The van der Waals surface area contributed by atoms with E-state index < -0.39 is 55.4 Å². The van der Waals surface area contributed by atoms with Crippen LogP contribution < -0.4 is 34.7 Å². The van der Waals surface area contributed by atoms with E-state index in [-0.39, 0.29) is 47.5 Å². The van der Waals surface area contributed by atoms with Crippen molar-refractivity contribution in [2.75, 3.05) is 6.61 Å². The summed E-state index contributed by atoms with van der Waals surface area (Å²) in [5.41, 5.74) is 0.184. The molecule has 1 aromatic carbocycles. The number of esters is 1. The summed E-state index contributed by atoms with van der Waals surface area (Å²) in [6.45, 7) is -0.667. The van der Waals surface area contributed by atoms with E-state index in [1.807, 2.05) is 0 Å². The average Bonchev–Trinajstić information content (AvgIpc) is 2.78. The van der Waals surface area contributed by atoms with Crippen molar-refractivity contribution in [2.24, 2.45) is 5.92 Å². The van der Waals surface area contributed by atoms with Crippen molar-refractivity contribution in [3.05, 3.63) is 35.9 Å². The molecule has 9 nitrogen and oxygen atoms in total. The molecule has 2 aliphatic rings. The Labute approximate surface area is 209 Å². The quantitative estimate of drug-likeness (QED) is 0.282. The molecule has 10 heteroatoms. The van der Waals surface area contributed by atoms with Crippen molar-refractivity contribution < 1.29 is 73.8 Å². The summed E-state index contributed by atoms with van der Waals surface area (Å²) in [4.78, 5) is 24.3. The van der Waals surface area contributed by atoms with E-state index in [9.17, 15) is 30.0 Å². The van der Waals surface area contributed by atoms with Gasteiger partial charge in [0.25, 0.3) is 0 Å². The molecule has 1 saturated heterocycles. The van der Waals surface area contributed by atoms with Crippen molar-refractivity contribution in [2.45, 2.75) is 75.3 Å². The van der Waals surface area contributed by atoms with Gasteiger partial charge in [-0.3, -0.25) is 0 Å². The Kier molecular flexibility index (Phi) is 11.1. The van der Waals surface area contributed by atoms with Crippen LogP contribution in [0.1, 0.15) is 48.9 Å². The van der Waals surface area contributed by atoms with Crippen LogP contribution in [0.5, 0.6) is 0 Å². The van der Waals surface area contributed by atoms with Gasteiger partial charge in [0.15, 0.2) is 6.10 Å². The van der Waals surface area contributed by atoms with E-state index in [0.29, 0.717) is 0 Å². The van der Waals surface area contributed by atoms with E-state index >= 15 is 0 Å². The number of benzene rings is 1. The summed E-state index contributed by atoms with van der Waals surface area (Å²) in [6, 6.07) is 7.95. The molecule has 1 heterocycles. The van der Waals surface area contributed by atoms with Crippen LogP contribution in [0.25, 0.3) is 0 Å². The summed E-state index contributed by atoms with van der Waals surface area (Å²) in [6.07, 6.45) is -3.95. The molecule has 3 N–H and O–H groups in total. The van der Waals surface area contributed by atoms with Crippen molar-refractivity contribution in [3.8, 4) is 0 Å². The number of carboxylic acid groups (broad SMARTS) is 1. The van der Waals surface area contributed by atoms with Gasteiger partial charge in [0.1, 0.15) is 24.4 Å². The number of hydrogen-bond acceptors (Lipinski definition) is 8. The summed E-state index contributed by atoms with van der Waals surface area (Å²) in [5, 5.41) is 42.3. The summed E-state index contributed by atoms with van der Waals surface area (Å²) in [7, 11) is 0. The van der Waals surface area contributed by atoms with E-state index in [1.165, 1.54) is 12.1 Å². The van der Waals surface area contributed by atoms with Crippen LogP contribution in [0.2, 0.25) is 0 Å². The SMILES string of the molecule is O=C(O[C@@H]1[C@@H](O[C@@H](CC2CCCCC2)C(=O)O)[C@@H](O)[C@@H](CO)O[C@H]1[O-])c1ccccc1.[Na+]. The van der Waals surface area contributed by atoms with Gasteiger partial charge in [-0.1, -0.05) is 50.3 Å². The molecule has 0 unspecified atom stereocenters. The second kappa shape index (κ2) is 13.0. The minimum Gasteiger partial charge on any atom is -0.828 e. The predicted octanol–water partition coefficient (Wildman–Crippen LogP) is -2.54. The molecule has 0 bridgehead atoms. The first-order chi connectivity index (χ1) is 14.9. The fourth-order valence-electron chi connectivity index (χ4n) is 4.22. The molecule has 3 rings (SSSR count). The molecule has 0 spiro atoms. The third-order valence-corrected chi connectivity index (χ3v) is 5.92. The zero-order valence-corrected chi connectivity index (χ0v) is 20.2. The number of carboxylic acids is 1. The minimum absolute atomic E-state index is 0. The Morgan fingerprint density at radius 3 is 2.38 bits per heavy atom. The minimum atomic E-state index is -1.96. The van der Waals surface area contributed by atoms with Gasteiger partial charge in [0, 0.05) is 6.29 Å². The van der Waals surface area contributed by atoms with Gasteiger partial charge in [0.05, 0.1) is 12.2 Å². The van der Waals surface area contributed by atoms with E-state index in [1.54, 1.807) is 18.2 Å². The van der Waals surface area contributed by atoms with Gasteiger partial charge in [-0.2, -0.15) is 0 Å². The summed E-state index contributed by atoms with van der Waals surface area (Å²) < 4.78 is 16.1. The van der Waals surface area contributed by atoms with Gasteiger partial charge in [-0.25, -0.2) is 9.59 Å². The van der Waals surface area contributed by atoms with E-state index in [2.05, 4.69) is 0 Å². The smallest absolute Gasteiger partial charge is 0.828 e. The van der Waals surface area contributed by atoms with Crippen molar-refractivity contribution in [3.63, 3.8) is 0 Å². The first-order valence-corrected chi connectivity index (χ1v) is 10.6. The third-order valence-electron chi connectivity index (χ3n) is 5.92. The average molecular weight is 460 g/mol. The van der Waals surface area contributed by atoms with Gasteiger partial charge in [-0.15, -0.1) is 0 Å². The molecule has 32 heavy (non-hydrogen) atoms. The monoisotopic (exact) mass is 460 g/mol. The Bertz CT molecular complexity index is 725. The maximum atomic E-state index is 12.6. The first-order valence-electron chi connectivity index (χ1n) is 10.6. The molecule has 1 aromatic rings. The maximum absolute atomic E-state index is 12.6. The topological polar surface area (TPSA) is 146 Å². The molecule has 0 radical (unpaired) electrons. The molecular weight excluding hydrogens is 431 g/mol. The number of ether oxygens (including phenoxy) is 3. The van der Waals surface area contributed by atoms with Crippen molar-refractivity contribution in [1.29, 1.82) is 0 Å². The Balaban J connectivity index is 0.00000363. The summed E-state index contributed by atoms with van der Waals surface area (Å²) >= 11 is 0. The molecule has 6 atom stereocenters. The Morgan fingerprint density at radius 2 is 1.78 bits per heavy atom. The standard InChI is InChI=1S/C22H29O9.Na/c23-12-16-17(24)18(29-15(20(25)26)11-13-7-3-1-4-8-13)19(22(28)30-16)31-21(27)14-9-5-2-6-10-14;/h2,5-6,9-10,13,15-19,22-24H,1,3-4,7-8,11-12H2,(H,25,26);/q-1;+1/t15-,16+,17-,18-,19+,22+;/m0./s1. The Hall–Kier alpha value is -1.04. The number of carbonyl (C=O) groups is 2. The second-order valence-electron chi connectivity index (χ2n) is 8.12. The Morgan fingerprint density at radius 1 is 1.12 bits per heavy atom.